The number of carbonyl (C=O) groups is 3. The van der Waals surface area contributed by atoms with E-state index < -0.39 is 17.3 Å². The lowest BCUT2D eigenvalue weighted by atomic mass is 9.43. The molecular formula is C31H46O7. The van der Waals surface area contributed by atoms with Crippen molar-refractivity contribution < 1.29 is 33.3 Å². The maximum absolute atomic E-state index is 14.6. The van der Waals surface area contributed by atoms with Crippen molar-refractivity contribution in [3.05, 3.63) is 0 Å². The predicted molar refractivity (Wildman–Crippen MR) is 139 cm³/mol. The second-order valence-electron chi connectivity index (χ2n) is 14.3. The fourth-order valence-corrected chi connectivity index (χ4v) is 10.7. The average molecular weight is 531 g/mol. The molecule has 2 heterocycles. The number of ketones is 1. The summed E-state index contributed by atoms with van der Waals surface area (Å²) >= 11 is 0. The Labute approximate surface area is 227 Å². The summed E-state index contributed by atoms with van der Waals surface area (Å²) in [6.07, 6.45) is 6.54. The van der Waals surface area contributed by atoms with Crippen molar-refractivity contribution >= 4 is 17.7 Å². The molecule has 1 spiro atoms. The smallest absolute Gasteiger partial charge is 0.303 e. The van der Waals surface area contributed by atoms with Gasteiger partial charge in [-0.05, 0) is 74.0 Å². The van der Waals surface area contributed by atoms with Gasteiger partial charge in [0.15, 0.2) is 17.7 Å². The van der Waals surface area contributed by atoms with Gasteiger partial charge in [0, 0.05) is 43.4 Å². The lowest BCUT2D eigenvalue weighted by Gasteiger charge is -2.61. The highest BCUT2D eigenvalue weighted by Crippen LogP contribution is 2.71. The number of ether oxygens (including phenoxy) is 4. The molecule has 6 rings (SSSR count). The molecule has 3 unspecified atom stereocenters. The third-order valence-electron chi connectivity index (χ3n) is 12.3. The lowest BCUT2D eigenvalue weighted by Crippen LogP contribution is -2.65. The zero-order chi connectivity index (χ0) is 27.2. The Bertz CT molecular complexity index is 1000. The Morgan fingerprint density at radius 1 is 0.947 bits per heavy atom. The minimum atomic E-state index is -0.758. The Morgan fingerprint density at radius 3 is 2.34 bits per heavy atom. The lowest BCUT2D eigenvalue weighted by molar-refractivity contribution is -0.273. The van der Waals surface area contributed by atoms with Crippen molar-refractivity contribution in [1.82, 2.24) is 0 Å². The first-order valence-corrected chi connectivity index (χ1v) is 15.1. The highest BCUT2D eigenvalue weighted by atomic mass is 16.7. The molecule has 0 radical (unpaired) electrons. The fourth-order valence-electron chi connectivity index (χ4n) is 10.7. The topological polar surface area (TPSA) is 88.1 Å². The SMILES string of the molecule is CC(=O)OC1CC[C@@]2(C)C(CC[C@H]3[C@@H]4C[C@@H]5O[C@]6(CC[C@@H](C)CO6)[C@@H](C)[C@@H]5[C@@]4(C)C(OC(C)=O)C(=O)[C@@H]32)C1. The molecule has 4 saturated carbocycles. The number of esters is 2. The third-order valence-corrected chi connectivity index (χ3v) is 12.3. The summed E-state index contributed by atoms with van der Waals surface area (Å²) < 4.78 is 25.0. The minimum Gasteiger partial charge on any atom is -0.463 e. The number of fused-ring (bicyclic) bond motifs is 7. The van der Waals surface area contributed by atoms with Gasteiger partial charge in [-0.1, -0.05) is 27.7 Å². The Balaban J connectivity index is 1.34. The quantitative estimate of drug-likeness (QED) is 0.460. The molecule has 0 bridgehead atoms. The van der Waals surface area contributed by atoms with E-state index in [4.69, 9.17) is 18.9 Å². The monoisotopic (exact) mass is 530 g/mol. The molecule has 0 amide bonds. The van der Waals surface area contributed by atoms with Gasteiger partial charge < -0.3 is 18.9 Å². The van der Waals surface area contributed by atoms with Crippen LogP contribution in [0.3, 0.4) is 0 Å². The van der Waals surface area contributed by atoms with Crippen molar-refractivity contribution in [3.63, 3.8) is 0 Å². The van der Waals surface area contributed by atoms with Gasteiger partial charge in [0.05, 0.1) is 12.7 Å². The number of hydrogen-bond donors (Lipinski definition) is 0. The van der Waals surface area contributed by atoms with Crippen LogP contribution in [-0.4, -0.2) is 48.4 Å². The zero-order valence-corrected chi connectivity index (χ0v) is 24.0. The summed E-state index contributed by atoms with van der Waals surface area (Å²) in [5.74, 6) is 0.386. The van der Waals surface area contributed by atoms with Crippen LogP contribution >= 0.6 is 0 Å². The van der Waals surface area contributed by atoms with Crippen molar-refractivity contribution in [2.75, 3.05) is 6.61 Å². The molecule has 0 aromatic rings. The van der Waals surface area contributed by atoms with Crippen LogP contribution in [0.4, 0.5) is 0 Å². The van der Waals surface area contributed by atoms with E-state index >= 15 is 0 Å². The van der Waals surface area contributed by atoms with Crippen LogP contribution in [-0.2, 0) is 33.3 Å². The Morgan fingerprint density at radius 2 is 1.68 bits per heavy atom. The molecule has 4 aliphatic carbocycles. The van der Waals surface area contributed by atoms with Crippen LogP contribution in [0.15, 0.2) is 0 Å². The fraction of sp³-hybridized carbons (Fsp3) is 0.903. The Kier molecular flexibility index (Phi) is 6.35. The van der Waals surface area contributed by atoms with Crippen LogP contribution in [0, 0.1) is 52.3 Å². The van der Waals surface area contributed by atoms with E-state index in [0.29, 0.717) is 18.4 Å². The van der Waals surface area contributed by atoms with Crippen LogP contribution in [0.1, 0.15) is 92.9 Å². The highest BCUT2D eigenvalue weighted by molar-refractivity contribution is 5.90. The number of rotatable bonds is 2. The molecule has 2 saturated heterocycles. The number of carbonyl (C=O) groups excluding carboxylic acids is 3. The maximum atomic E-state index is 14.6. The van der Waals surface area contributed by atoms with E-state index in [0.717, 1.165) is 51.4 Å². The molecular weight excluding hydrogens is 484 g/mol. The molecule has 212 valence electrons. The van der Waals surface area contributed by atoms with Gasteiger partial charge in [-0.15, -0.1) is 0 Å². The molecule has 0 aromatic carbocycles. The van der Waals surface area contributed by atoms with Gasteiger partial charge in [0.1, 0.15) is 6.10 Å². The van der Waals surface area contributed by atoms with E-state index in [-0.39, 0.29) is 64.9 Å². The Hall–Kier alpha value is -1.47. The van der Waals surface area contributed by atoms with Crippen LogP contribution in [0.5, 0.6) is 0 Å². The summed E-state index contributed by atoms with van der Waals surface area (Å²) in [5, 5.41) is 0. The molecule has 7 heteroatoms. The summed E-state index contributed by atoms with van der Waals surface area (Å²) in [6, 6.07) is 0. The first-order chi connectivity index (χ1) is 17.9. The highest BCUT2D eigenvalue weighted by Gasteiger charge is 2.74. The third kappa shape index (κ3) is 3.69. The van der Waals surface area contributed by atoms with Crippen LogP contribution in [0.25, 0.3) is 0 Å². The van der Waals surface area contributed by atoms with Gasteiger partial charge in [-0.25, -0.2) is 0 Å². The van der Waals surface area contributed by atoms with Gasteiger partial charge in [-0.2, -0.15) is 0 Å². The molecule has 6 fully saturated rings. The summed E-state index contributed by atoms with van der Waals surface area (Å²) in [4.78, 5) is 38.8. The first kappa shape index (κ1) is 26.7. The predicted octanol–water partition coefficient (Wildman–Crippen LogP) is 5.09. The van der Waals surface area contributed by atoms with Gasteiger partial charge in [0.25, 0.3) is 0 Å². The second kappa shape index (κ2) is 9.02. The van der Waals surface area contributed by atoms with E-state index in [1.165, 1.54) is 13.8 Å². The summed E-state index contributed by atoms with van der Waals surface area (Å²) in [7, 11) is 0. The van der Waals surface area contributed by atoms with E-state index in [9.17, 15) is 14.4 Å². The molecule has 0 aromatic heterocycles. The number of Topliss-reactive ketones (excluding diaryl/α,β-unsaturated/α-hetero) is 1. The van der Waals surface area contributed by atoms with Crippen molar-refractivity contribution in [3.8, 4) is 0 Å². The second-order valence-corrected chi connectivity index (χ2v) is 14.3. The minimum absolute atomic E-state index is 0.0169. The normalized spacial score (nSPS) is 53.5. The van der Waals surface area contributed by atoms with Crippen molar-refractivity contribution in [2.24, 2.45) is 52.3 Å². The average Bonchev–Trinajstić information content (AvgIpc) is 3.29. The first-order valence-electron chi connectivity index (χ1n) is 15.1. The van der Waals surface area contributed by atoms with Crippen LogP contribution in [0.2, 0.25) is 0 Å². The van der Waals surface area contributed by atoms with Crippen LogP contribution < -0.4 is 0 Å². The number of hydrogen-bond acceptors (Lipinski definition) is 7. The molecule has 13 atom stereocenters. The zero-order valence-electron chi connectivity index (χ0n) is 24.0. The molecule has 6 aliphatic rings. The van der Waals surface area contributed by atoms with Gasteiger partial charge >= 0.3 is 11.9 Å². The van der Waals surface area contributed by atoms with Gasteiger partial charge in [0.2, 0.25) is 0 Å². The standard InChI is InChI=1S/C31H46O7/c1-16-9-12-31(35-15-16)17(2)25-24(38-31)14-23-22-8-7-20-13-21(36-18(3)32)10-11-29(20,5)26(22)27(34)28(30(23,25)6)37-19(4)33/h16-17,20-26,28H,7-15H2,1-6H3/t16-,17+,20?,21?,22+,23+,24+,25+,26-,28?,29+,30+,31-/m1/s1. The van der Waals surface area contributed by atoms with Gasteiger partial charge in [-0.3, -0.25) is 14.4 Å². The van der Waals surface area contributed by atoms with Crippen molar-refractivity contribution in [2.45, 2.75) is 117 Å². The largest absolute Gasteiger partial charge is 0.463 e. The maximum Gasteiger partial charge on any atom is 0.303 e. The van der Waals surface area contributed by atoms with E-state index in [1.54, 1.807) is 0 Å². The molecule has 7 nitrogen and oxygen atoms in total. The summed E-state index contributed by atoms with van der Waals surface area (Å²) in [5.41, 5.74) is -0.646. The summed E-state index contributed by atoms with van der Waals surface area (Å²) in [6.45, 7) is 12.6. The molecule has 0 N–H and O–H groups in total. The van der Waals surface area contributed by atoms with E-state index in [2.05, 4.69) is 27.7 Å². The van der Waals surface area contributed by atoms with E-state index in [1.807, 2.05) is 0 Å². The molecule has 2 aliphatic heterocycles. The van der Waals surface area contributed by atoms with Crippen molar-refractivity contribution in [1.29, 1.82) is 0 Å². The molecule has 38 heavy (non-hydrogen) atoms.